The highest BCUT2D eigenvalue weighted by Crippen LogP contribution is 2.42. The molecule has 4 nitrogen and oxygen atoms in total. The minimum absolute atomic E-state index is 0.415. The van der Waals surface area contributed by atoms with E-state index in [2.05, 4.69) is 10.1 Å². The monoisotopic (exact) mass is 167 g/mol. The fourth-order valence-corrected chi connectivity index (χ4v) is 1.37. The van der Waals surface area contributed by atoms with E-state index in [9.17, 15) is 0 Å². The van der Waals surface area contributed by atoms with E-state index in [1.165, 1.54) is 12.8 Å². The molecular formula is C8H13N3O. The molecule has 0 bridgehead atoms. The van der Waals surface area contributed by atoms with Crippen molar-refractivity contribution in [1.29, 1.82) is 0 Å². The Morgan fingerprint density at radius 2 is 2.25 bits per heavy atom. The fraction of sp³-hybridized carbons (Fsp3) is 0.750. The van der Waals surface area contributed by atoms with Crippen LogP contribution in [0.25, 0.3) is 0 Å². The molecule has 1 aliphatic carbocycles. The van der Waals surface area contributed by atoms with Crippen LogP contribution in [0.15, 0.2) is 4.52 Å². The molecule has 12 heavy (non-hydrogen) atoms. The summed E-state index contributed by atoms with van der Waals surface area (Å²) in [6.07, 6.45) is 2.35. The second kappa shape index (κ2) is 2.29. The Labute approximate surface area is 71.1 Å². The lowest BCUT2D eigenvalue weighted by molar-refractivity contribution is 0.272. The zero-order chi connectivity index (χ0) is 8.77. The molecule has 0 amide bonds. The molecule has 1 aliphatic rings. The van der Waals surface area contributed by atoms with E-state index in [-0.39, 0.29) is 0 Å². The molecule has 0 aromatic carbocycles. The predicted molar refractivity (Wildman–Crippen MR) is 43.3 cm³/mol. The van der Waals surface area contributed by atoms with E-state index < -0.39 is 5.54 Å². The molecule has 1 unspecified atom stereocenters. The molecule has 1 aromatic rings. The van der Waals surface area contributed by atoms with Gasteiger partial charge in [-0.2, -0.15) is 4.98 Å². The van der Waals surface area contributed by atoms with Crippen LogP contribution in [0.3, 0.4) is 0 Å². The maximum Gasteiger partial charge on any atom is 0.246 e. The number of aryl methyl sites for hydroxylation is 1. The number of nitrogens with zero attached hydrogens (tertiary/aromatic N) is 2. The van der Waals surface area contributed by atoms with Crippen molar-refractivity contribution in [2.75, 3.05) is 0 Å². The number of hydrogen-bond acceptors (Lipinski definition) is 4. The Morgan fingerprint density at radius 3 is 2.67 bits per heavy atom. The Balaban J connectivity index is 2.27. The van der Waals surface area contributed by atoms with Gasteiger partial charge in [0.2, 0.25) is 5.89 Å². The molecule has 1 aromatic heterocycles. The summed E-state index contributed by atoms with van der Waals surface area (Å²) in [5.74, 6) is 1.75. The van der Waals surface area contributed by atoms with Gasteiger partial charge in [-0.25, -0.2) is 0 Å². The first-order chi connectivity index (χ1) is 5.60. The molecule has 0 saturated heterocycles. The second-order valence-electron chi connectivity index (χ2n) is 3.70. The number of rotatable bonds is 2. The average molecular weight is 167 g/mol. The van der Waals surface area contributed by atoms with Gasteiger partial charge in [0.05, 0.1) is 5.54 Å². The normalized spacial score (nSPS) is 22.2. The first-order valence-electron chi connectivity index (χ1n) is 4.20. The van der Waals surface area contributed by atoms with Crippen molar-refractivity contribution in [2.45, 2.75) is 32.2 Å². The molecule has 1 saturated carbocycles. The first-order valence-corrected chi connectivity index (χ1v) is 4.20. The molecular weight excluding hydrogens is 154 g/mol. The van der Waals surface area contributed by atoms with Crippen molar-refractivity contribution in [2.24, 2.45) is 11.7 Å². The van der Waals surface area contributed by atoms with Crippen LogP contribution in [-0.4, -0.2) is 10.1 Å². The number of nitrogens with two attached hydrogens (primary N) is 1. The highest BCUT2D eigenvalue weighted by molar-refractivity contribution is 5.06. The zero-order valence-corrected chi connectivity index (χ0v) is 7.37. The summed E-state index contributed by atoms with van der Waals surface area (Å²) in [6, 6.07) is 0. The lowest BCUT2D eigenvalue weighted by atomic mass is 9.97. The highest BCUT2D eigenvalue weighted by atomic mass is 16.5. The lowest BCUT2D eigenvalue weighted by Crippen LogP contribution is -2.35. The minimum Gasteiger partial charge on any atom is -0.337 e. The van der Waals surface area contributed by atoms with E-state index in [1.807, 2.05) is 6.92 Å². The van der Waals surface area contributed by atoms with E-state index in [4.69, 9.17) is 10.3 Å². The first kappa shape index (κ1) is 7.73. The van der Waals surface area contributed by atoms with Crippen molar-refractivity contribution < 1.29 is 4.52 Å². The van der Waals surface area contributed by atoms with Crippen molar-refractivity contribution in [1.82, 2.24) is 10.1 Å². The number of hydrogen-bond donors (Lipinski definition) is 1. The largest absolute Gasteiger partial charge is 0.337 e. The van der Waals surface area contributed by atoms with Gasteiger partial charge in [-0.05, 0) is 32.6 Å². The zero-order valence-electron chi connectivity index (χ0n) is 7.37. The van der Waals surface area contributed by atoms with Crippen LogP contribution in [0, 0.1) is 12.8 Å². The van der Waals surface area contributed by atoms with Crippen LogP contribution >= 0.6 is 0 Å². The van der Waals surface area contributed by atoms with Crippen LogP contribution in [0.2, 0.25) is 0 Å². The summed E-state index contributed by atoms with van der Waals surface area (Å²) in [5.41, 5.74) is 5.64. The van der Waals surface area contributed by atoms with Crippen molar-refractivity contribution >= 4 is 0 Å². The van der Waals surface area contributed by atoms with Gasteiger partial charge in [-0.3, -0.25) is 0 Å². The Hall–Kier alpha value is -0.900. The van der Waals surface area contributed by atoms with E-state index in [0.29, 0.717) is 17.6 Å². The topological polar surface area (TPSA) is 64.9 Å². The molecule has 1 fully saturated rings. The second-order valence-corrected chi connectivity index (χ2v) is 3.70. The van der Waals surface area contributed by atoms with Crippen molar-refractivity contribution in [3.63, 3.8) is 0 Å². The van der Waals surface area contributed by atoms with Crippen LogP contribution in [-0.2, 0) is 5.54 Å². The maximum absolute atomic E-state index is 6.06. The predicted octanol–water partition coefficient (Wildman–Crippen LogP) is 0.962. The van der Waals surface area contributed by atoms with Crippen molar-refractivity contribution in [3.05, 3.63) is 11.7 Å². The van der Waals surface area contributed by atoms with Crippen LogP contribution in [0.4, 0.5) is 0 Å². The van der Waals surface area contributed by atoms with Gasteiger partial charge in [0.1, 0.15) is 0 Å². The Morgan fingerprint density at radius 1 is 1.58 bits per heavy atom. The summed E-state index contributed by atoms with van der Waals surface area (Å²) >= 11 is 0. The van der Waals surface area contributed by atoms with Gasteiger partial charge in [-0.1, -0.05) is 5.16 Å². The van der Waals surface area contributed by atoms with Gasteiger partial charge in [0.25, 0.3) is 0 Å². The standard InChI is InChI=1S/C8H13N3O/c1-5-10-7(12-11-5)8(2,9)6-3-4-6/h6H,3-4,9H2,1-2H3. The summed E-state index contributed by atoms with van der Waals surface area (Å²) in [5, 5.41) is 3.73. The molecule has 0 spiro atoms. The molecule has 2 N–H and O–H groups in total. The van der Waals surface area contributed by atoms with Crippen LogP contribution in [0.1, 0.15) is 31.5 Å². The Bertz CT molecular complexity index is 288. The summed E-state index contributed by atoms with van der Waals surface area (Å²) in [4.78, 5) is 4.14. The van der Waals surface area contributed by atoms with E-state index >= 15 is 0 Å². The van der Waals surface area contributed by atoms with Gasteiger partial charge in [-0.15, -0.1) is 0 Å². The quantitative estimate of drug-likeness (QED) is 0.712. The molecule has 2 rings (SSSR count). The lowest BCUT2D eigenvalue weighted by Gasteiger charge is -2.18. The minimum atomic E-state index is -0.415. The van der Waals surface area contributed by atoms with E-state index in [0.717, 1.165) is 0 Å². The Kier molecular flexibility index (Phi) is 1.48. The average Bonchev–Trinajstić information content (AvgIpc) is 2.75. The van der Waals surface area contributed by atoms with Crippen LogP contribution < -0.4 is 5.73 Å². The van der Waals surface area contributed by atoms with E-state index in [1.54, 1.807) is 6.92 Å². The summed E-state index contributed by atoms with van der Waals surface area (Å²) in [7, 11) is 0. The summed E-state index contributed by atoms with van der Waals surface area (Å²) in [6.45, 7) is 3.76. The molecule has 1 heterocycles. The van der Waals surface area contributed by atoms with Crippen molar-refractivity contribution in [3.8, 4) is 0 Å². The third-order valence-corrected chi connectivity index (χ3v) is 2.41. The maximum atomic E-state index is 6.06. The third kappa shape index (κ3) is 1.12. The molecule has 0 radical (unpaired) electrons. The van der Waals surface area contributed by atoms with Gasteiger partial charge >= 0.3 is 0 Å². The third-order valence-electron chi connectivity index (χ3n) is 2.41. The van der Waals surface area contributed by atoms with Gasteiger partial charge < -0.3 is 10.3 Å². The molecule has 4 heteroatoms. The molecule has 1 atom stereocenters. The molecule has 0 aliphatic heterocycles. The number of aromatic nitrogens is 2. The SMILES string of the molecule is Cc1noc(C(C)(N)C2CC2)n1. The molecule has 66 valence electrons. The summed E-state index contributed by atoms with van der Waals surface area (Å²) < 4.78 is 5.04. The van der Waals surface area contributed by atoms with Gasteiger partial charge in [0, 0.05) is 0 Å². The van der Waals surface area contributed by atoms with Crippen LogP contribution in [0.5, 0.6) is 0 Å². The fourth-order valence-electron chi connectivity index (χ4n) is 1.37. The highest BCUT2D eigenvalue weighted by Gasteiger charge is 2.43. The van der Waals surface area contributed by atoms with Gasteiger partial charge in [0.15, 0.2) is 5.82 Å². The smallest absolute Gasteiger partial charge is 0.246 e.